The number of nitrogen functional groups attached to an aromatic ring is 1. The second-order valence-electron chi connectivity index (χ2n) is 6.23. The van der Waals surface area contributed by atoms with Gasteiger partial charge in [0, 0.05) is 26.2 Å². The highest BCUT2D eigenvalue weighted by molar-refractivity contribution is 5.71. The topological polar surface area (TPSA) is 101 Å². The van der Waals surface area contributed by atoms with Gasteiger partial charge in [-0.3, -0.25) is 10.1 Å². The van der Waals surface area contributed by atoms with Gasteiger partial charge in [0.2, 0.25) is 17.6 Å². The first-order valence-corrected chi connectivity index (χ1v) is 7.88. The van der Waals surface area contributed by atoms with Crippen molar-refractivity contribution in [2.24, 2.45) is 5.92 Å². The number of nitro groups is 1. The largest absolute Gasteiger partial charge is 0.378 e. The summed E-state index contributed by atoms with van der Waals surface area (Å²) in [6.07, 6.45) is 4.35. The van der Waals surface area contributed by atoms with Gasteiger partial charge in [-0.2, -0.15) is 9.97 Å². The molecule has 2 fully saturated rings. The number of nitrogens with two attached hydrogens (primary N) is 1. The molecule has 0 unspecified atom stereocenters. The molecule has 0 amide bonds. The van der Waals surface area contributed by atoms with Gasteiger partial charge in [-0.1, -0.05) is 6.92 Å². The van der Waals surface area contributed by atoms with Gasteiger partial charge >= 0.3 is 5.69 Å². The van der Waals surface area contributed by atoms with Crippen LogP contribution in [0.2, 0.25) is 0 Å². The van der Waals surface area contributed by atoms with Crippen molar-refractivity contribution in [1.29, 1.82) is 0 Å². The molecule has 8 nitrogen and oxygen atoms in total. The molecule has 1 aromatic rings. The molecular weight excluding hydrogens is 284 g/mol. The second-order valence-corrected chi connectivity index (χ2v) is 6.23. The fourth-order valence-electron chi connectivity index (χ4n) is 3.28. The summed E-state index contributed by atoms with van der Waals surface area (Å²) >= 11 is 0. The highest BCUT2D eigenvalue weighted by Gasteiger charge is 2.31. The third-order valence-corrected chi connectivity index (χ3v) is 4.41. The van der Waals surface area contributed by atoms with E-state index in [2.05, 4.69) is 21.8 Å². The third kappa shape index (κ3) is 2.77. The van der Waals surface area contributed by atoms with Gasteiger partial charge in [-0.25, -0.2) is 0 Å². The van der Waals surface area contributed by atoms with Crippen LogP contribution in [0.25, 0.3) is 0 Å². The normalized spacial score (nSPS) is 22.1. The Morgan fingerprint density at radius 3 is 2.50 bits per heavy atom. The third-order valence-electron chi connectivity index (χ3n) is 4.41. The lowest BCUT2D eigenvalue weighted by atomic mass is 10.0. The van der Waals surface area contributed by atoms with Crippen LogP contribution >= 0.6 is 0 Å². The predicted molar refractivity (Wildman–Crippen MR) is 85.2 cm³/mol. The fraction of sp³-hybridized carbons (Fsp3) is 0.714. The molecule has 8 heteroatoms. The first-order valence-electron chi connectivity index (χ1n) is 7.88. The predicted octanol–water partition coefficient (Wildman–Crippen LogP) is 1.80. The zero-order valence-electron chi connectivity index (χ0n) is 12.9. The molecule has 2 aliphatic heterocycles. The van der Waals surface area contributed by atoms with E-state index in [0.29, 0.717) is 17.7 Å². The number of anilines is 3. The number of hydrogen-bond donors (Lipinski definition) is 1. The molecule has 0 saturated carbocycles. The molecule has 120 valence electrons. The molecule has 0 spiro atoms. The molecule has 1 aromatic heterocycles. The molecular formula is C14H22N6O2. The fourth-order valence-corrected chi connectivity index (χ4v) is 3.28. The molecule has 0 aliphatic carbocycles. The molecule has 1 atom stereocenters. The highest BCUT2D eigenvalue weighted by Crippen LogP contribution is 2.35. The summed E-state index contributed by atoms with van der Waals surface area (Å²) in [6.45, 7) is 5.47. The summed E-state index contributed by atoms with van der Waals surface area (Å²) in [7, 11) is 0. The molecule has 3 rings (SSSR count). The van der Waals surface area contributed by atoms with Crippen molar-refractivity contribution in [2.75, 3.05) is 41.7 Å². The Kier molecular flexibility index (Phi) is 4.00. The van der Waals surface area contributed by atoms with Crippen LogP contribution in [0.15, 0.2) is 0 Å². The minimum absolute atomic E-state index is 0.0323. The first kappa shape index (κ1) is 14.8. The van der Waals surface area contributed by atoms with Gasteiger partial charge in [-0.15, -0.1) is 0 Å². The van der Waals surface area contributed by atoms with E-state index in [0.717, 1.165) is 51.9 Å². The van der Waals surface area contributed by atoms with E-state index in [4.69, 9.17) is 5.73 Å². The number of hydrogen-bond acceptors (Lipinski definition) is 7. The summed E-state index contributed by atoms with van der Waals surface area (Å²) in [5.74, 6) is 1.37. The van der Waals surface area contributed by atoms with Crippen LogP contribution < -0.4 is 15.5 Å². The maximum atomic E-state index is 11.4. The van der Waals surface area contributed by atoms with E-state index in [1.807, 2.05) is 4.90 Å². The van der Waals surface area contributed by atoms with Gasteiger partial charge in [0.15, 0.2) is 0 Å². The van der Waals surface area contributed by atoms with Gasteiger partial charge in [-0.05, 0) is 31.6 Å². The summed E-state index contributed by atoms with van der Waals surface area (Å²) < 4.78 is 0. The lowest BCUT2D eigenvalue weighted by Crippen LogP contribution is -2.36. The van der Waals surface area contributed by atoms with Crippen LogP contribution in [0.5, 0.6) is 0 Å². The van der Waals surface area contributed by atoms with E-state index in [-0.39, 0.29) is 11.5 Å². The van der Waals surface area contributed by atoms with Crippen molar-refractivity contribution in [3.8, 4) is 0 Å². The number of rotatable bonds is 3. The Hall–Kier alpha value is -2.12. The number of piperidine rings is 1. The quantitative estimate of drug-likeness (QED) is 0.671. The van der Waals surface area contributed by atoms with Crippen molar-refractivity contribution in [2.45, 2.75) is 32.6 Å². The van der Waals surface area contributed by atoms with Gasteiger partial charge in [0.05, 0.1) is 4.92 Å². The SMILES string of the molecule is C[C@@H]1CCCN(c2nc(N3CCCC3)nc(N)c2[N+](=O)[O-])C1. The Morgan fingerprint density at radius 1 is 1.18 bits per heavy atom. The molecule has 2 N–H and O–H groups in total. The zero-order chi connectivity index (χ0) is 15.7. The van der Waals surface area contributed by atoms with Crippen molar-refractivity contribution in [3.05, 3.63) is 10.1 Å². The Labute approximate surface area is 129 Å². The van der Waals surface area contributed by atoms with Crippen LogP contribution in [-0.2, 0) is 0 Å². The Balaban J connectivity index is 2.01. The Bertz CT molecular complexity index is 573. The van der Waals surface area contributed by atoms with Crippen molar-refractivity contribution in [1.82, 2.24) is 9.97 Å². The first-order chi connectivity index (χ1) is 10.6. The summed E-state index contributed by atoms with van der Waals surface area (Å²) in [5.41, 5.74) is 5.73. The minimum atomic E-state index is -0.461. The maximum absolute atomic E-state index is 11.4. The van der Waals surface area contributed by atoms with Crippen molar-refractivity contribution >= 4 is 23.3 Å². The van der Waals surface area contributed by atoms with E-state index >= 15 is 0 Å². The maximum Gasteiger partial charge on any atom is 0.353 e. The second kappa shape index (κ2) is 5.94. The van der Waals surface area contributed by atoms with Crippen LogP contribution in [0.3, 0.4) is 0 Å². The molecule has 2 saturated heterocycles. The summed E-state index contributed by atoms with van der Waals surface area (Å²) in [5, 5.41) is 11.4. The molecule has 0 aromatic carbocycles. The van der Waals surface area contributed by atoms with Crippen LogP contribution in [0.4, 0.5) is 23.3 Å². The monoisotopic (exact) mass is 306 g/mol. The zero-order valence-corrected chi connectivity index (χ0v) is 12.9. The molecule has 2 aliphatic rings. The Morgan fingerprint density at radius 2 is 1.86 bits per heavy atom. The lowest BCUT2D eigenvalue weighted by molar-refractivity contribution is -0.383. The average molecular weight is 306 g/mol. The summed E-state index contributed by atoms with van der Waals surface area (Å²) in [6, 6.07) is 0. The van der Waals surface area contributed by atoms with Gasteiger partial charge < -0.3 is 15.5 Å². The van der Waals surface area contributed by atoms with Gasteiger partial charge in [0.1, 0.15) is 0 Å². The summed E-state index contributed by atoms with van der Waals surface area (Å²) in [4.78, 5) is 23.7. The van der Waals surface area contributed by atoms with Crippen LogP contribution in [0, 0.1) is 16.0 Å². The molecule has 0 bridgehead atoms. The highest BCUT2D eigenvalue weighted by atomic mass is 16.6. The standard InChI is InChI=1S/C14H22N6O2/c1-10-5-4-8-19(9-10)13-11(20(21)22)12(15)16-14(17-13)18-6-2-3-7-18/h10H,2-9H2,1H3,(H2,15,16,17)/t10-/m1/s1. The number of aromatic nitrogens is 2. The lowest BCUT2D eigenvalue weighted by Gasteiger charge is -2.32. The number of nitrogens with zero attached hydrogens (tertiary/aromatic N) is 5. The molecule has 0 radical (unpaired) electrons. The van der Waals surface area contributed by atoms with Crippen LogP contribution in [-0.4, -0.2) is 41.1 Å². The van der Waals surface area contributed by atoms with Crippen LogP contribution in [0.1, 0.15) is 32.6 Å². The molecule has 22 heavy (non-hydrogen) atoms. The van der Waals surface area contributed by atoms with E-state index in [9.17, 15) is 10.1 Å². The smallest absolute Gasteiger partial charge is 0.353 e. The van der Waals surface area contributed by atoms with E-state index in [1.165, 1.54) is 0 Å². The van der Waals surface area contributed by atoms with E-state index in [1.54, 1.807) is 0 Å². The minimum Gasteiger partial charge on any atom is -0.378 e. The van der Waals surface area contributed by atoms with Crippen molar-refractivity contribution < 1.29 is 4.92 Å². The van der Waals surface area contributed by atoms with Crippen molar-refractivity contribution in [3.63, 3.8) is 0 Å². The molecule has 3 heterocycles. The van der Waals surface area contributed by atoms with E-state index < -0.39 is 4.92 Å². The average Bonchev–Trinajstić information content (AvgIpc) is 3.00. The van der Waals surface area contributed by atoms with Gasteiger partial charge in [0.25, 0.3) is 0 Å².